The molecular formula is C25H27N7O3S. The molecule has 11 heteroatoms. The highest BCUT2D eigenvalue weighted by Crippen LogP contribution is 2.37. The summed E-state index contributed by atoms with van der Waals surface area (Å²) < 4.78 is 11.4. The molecule has 1 N–H and O–H groups in total. The summed E-state index contributed by atoms with van der Waals surface area (Å²) in [6.45, 7) is 6.67. The average molecular weight is 506 g/mol. The Morgan fingerprint density at radius 2 is 2.03 bits per heavy atom. The van der Waals surface area contributed by atoms with Crippen LogP contribution in [0.4, 0.5) is 16.6 Å². The fraction of sp³-hybridized carbons (Fsp3) is 0.400. The molecule has 186 valence electrons. The Labute approximate surface area is 212 Å². The number of aryl methyl sites for hydroxylation is 1. The van der Waals surface area contributed by atoms with Crippen LogP contribution in [0.5, 0.6) is 0 Å². The van der Waals surface area contributed by atoms with E-state index < -0.39 is 0 Å². The van der Waals surface area contributed by atoms with Crippen LogP contribution >= 0.6 is 11.3 Å². The van der Waals surface area contributed by atoms with Crippen molar-refractivity contribution >= 4 is 44.2 Å². The molecule has 0 bridgehead atoms. The van der Waals surface area contributed by atoms with Crippen molar-refractivity contribution in [2.75, 3.05) is 54.5 Å². The van der Waals surface area contributed by atoms with Crippen LogP contribution in [0.25, 0.3) is 10.3 Å². The molecule has 36 heavy (non-hydrogen) atoms. The number of fused-ring (bicyclic) bond motifs is 1. The predicted molar refractivity (Wildman–Crippen MR) is 138 cm³/mol. The molecule has 10 nitrogen and oxygen atoms in total. The molecule has 6 heterocycles. The van der Waals surface area contributed by atoms with Crippen LogP contribution in [0.3, 0.4) is 0 Å². The SMILES string of the molecule is Cc1cc(C2CCCN(c3nc4nc(N5CCOCC5)sc4cc3NC(=O)c3cocn3)C2)ccn1. The summed E-state index contributed by atoms with van der Waals surface area (Å²) in [6, 6.07) is 6.24. The van der Waals surface area contributed by atoms with Crippen LogP contribution in [0.2, 0.25) is 0 Å². The number of oxazole rings is 1. The van der Waals surface area contributed by atoms with E-state index in [0.717, 1.165) is 60.4 Å². The number of morpholine rings is 1. The first-order chi connectivity index (χ1) is 17.6. The summed E-state index contributed by atoms with van der Waals surface area (Å²) in [5, 5.41) is 3.95. The second kappa shape index (κ2) is 9.82. The lowest BCUT2D eigenvalue weighted by Gasteiger charge is -2.34. The molecule has 0 aromatic carbocycles. The van der Waals surface area contributed by atoms with E-state index in [9.17, 15) is 4.79 Å². The molecule has 1 unspecified atom stereocenters. The quantitative estimate of drug-likeness (QED) is 0.432. The molecule has 1 amide bonds. The van der Waals surface area contributed by atoms with E-state index in [4.69, 9.17) is 19.1 Å². The molecule has 2 aliphatic rings. The summed E-state index contributed by atoms with van der Waals surface area (Å²) in [5.41, 5.74) is 3.87. The van der Waals surface area contributed by atoms with E-state index in [0.29, 0.717) is 30.5 Å². The van der Waals surface area contributed by atoms with E-state index in [2.05, 4.69) is 37.2 Å². The molecule has 0 aliphatic carbocycles. The molecular weight excluding hydrogens is 478 g/mol. The number of aromatic nitrogens is 4. The highest BCUT2D eigenvalue weighted by molar-refractivity contribution is 7.22. The predicted octanol–water partition coefficient (Wildman–Crippen LogP) is 3.86. The first kappa shape index (κ1) is 22.9. The number of carbonyl (C=O) groups excluding carboxylic acids is 1. The third-order valence-corrected chi connectivity index (χ3v) is 7.71. The number of rotatable bonds is 5. The van der Waals surface area contributed by atoms with Gasteiger partial charge in [-0.2, -0.15) is 4.98 Å². The van der Waals surface area contributed by atoms with Crippen molar-refractivity contribution in [1.29, 1.82) is 0 Å². The Kier molecular flexibility index (Phi) is 6.24. The number of amides is 1. The Bertz CT molecular complexity index is 1370. The fourth-order valence-corrected chi connectivity index (χ4v) is 5.84. The van der Waals surface area contributed by atoms with E-state index in [1.807, 2.05) is 19.2 Å². The minimum atomic E-state index is -0.331. The summed E-state index contributed by atoms with van der Waals surface area (Å²) in [7, 11) is 0. The van der Waals surface area contributed by atoms with Crippen LogP contribution in [-0.2, 0) is 4.74 Å². The number of thiazole rings is 1. The molecule has 4 aromatic rings. The van der Waals surface area contributed by atoms with Crippen LogP contribution in [0.15, 0.2) is 41.5 Å². The number of pyridine rings is 2. The van der Waals surface area contributed by atoms with Gasteiger partial charge >= 0.3 is 0 Å². The molecule has 2 saturated heterocycles. The third-order valence-electron chi connectivity index (χ3n) is 6.66. The normalized spacial score (nSPS) is 18.5. The Hall–Kier alpha value is -3.57. The van der Waals surface area contributed by atoms with E-state index in [1.54, 1.807) is 11.3 Å². The molecule has 2 aliphatic heterocycles. The largest absolute Gasteiger partial charge is 0.451 e. The van der Waals surface area contributed by atoms with Gasteiger partial charge in [-0.1, -0.05) is 11.3 Å². The van der Waals surface area contributed by atoms with E-state index in [1.165, 1.54) is 18.2 Å². The van der Waals surface area contributed by atoms with Crippen LogP contribution in [-0.4, -0.2) is 65.2 Å². The van der Waals surface area contributed by atoms with Crippen LogP contribution in [0, 0.1) is 6.92 Å². The molecule has 0 spiro atoms. The average Bonchev–Trinajstić information content (AvgIpc) is 3.59. The van der Waals surface area contributed by atoms with Crippen LogP contribution in [0.1, 0.15) is 40.5 Å². The standard InChI is InChI=1S/C25H27N7O3S/c1-16-11-17(4-5-26-16)18-3-2-6-32(13-18)23-19(28-24(33)20-14-35-15-27-20)12-21-22(29-23)30-25(36-21)31-7-9-34-10-8-31/h4-5,11-12,14-15,18H,2-3,6-10,13H2,1H3,(H,28,33). The number of nitrogens with zero attached hydrogens (tertiary/aromatic N) is 6. The summed E-state index contributed by atoms with van der Waals surface area (Å²) in [5.74, 6) is 0.757. The highest BCUT2D eigenvalue weighted by atomic mass is 32.1. The first-order valence-electron chi connectivity index (χ1n) is 12.2. The number of hydrogen-bond acceptors (Lipinski definition) is 10. The maximum absolute atomic E-state index is 12.9. The van der Waals surface area contributed by atoms with Crippen LogP contribution < -0.4 is 15.1 Å². The number of ether oxygens (including phenoxy) is 1. The molecule has 0 radical (unpaired) electrons. The number of anilines is 3. The van der Waals surface area contributed by atoms with Crippen molar-refractivity contribution in [1.82, 2.24) is 19.9 Å². The maximum Gasteiger partial charge on any atom is 0.277 e. The fourth-order valence-electron chi connectivity index (χ4n) is 4.84. The summed E-state index contributed by atoms with van der Waals surface area (Å²) in [6.07, 6.45) is 6.59. The van der Waals surface area contributed by atoms with Crippen molar-refractivity contribution in [2.45, 2.75) is 25.7 Å². The van der Waals surface area contributed by atoms with Gasteiger partial charge in [-0.05, 0) is 43.5 Å². The zero-order chi connectivity index (χ0) is 24.5. The molecule has 1 atom stereocenters. The minimum Gasteiger partial charge on any atom is -0.451 e. The van der Waals surface area contributed by atoms with Crippen molar-refractivity contribution in [3.63, 3.8) is 0 Å². The van der Waals surface area contributed by atoms with Gasteiger partial charge in [-0.25, -0.2) is 9.97 Å². The van der Waals surface area contributed by atoms with Gasteiger partial charge in [0.25, 0.3) is 5.91 Å². The first-order valence-corrected chi connectivity index (χ1v) is 13.0. The van der Waals surface area contributed by atoms with Gasteiger partial charge in [-0.3, -0.25) is 9.78 Å². The van der Waals surface area contributed by atoms with Gasteiger partial charge in [-0.15, -0.1) is 0 Å². The Balaban J connectivity index is 1.36. The smallest absolute Gasteiger partial charge is 0.277 e. The second-order valence-corrected chi connectivity index (χ2v) is 10.1. The number of nitrogens with one attached hydrogen (secondary N) is 1. The molecule has 6 rings (SSSR count). The Morgan fingerprint density at radius 1 is 1.14 bits per heavy atom. The minimum absolute atomic E-state index is 0.225. The summed E-state index contributed by atoms with van der Waals surface area (Å²) >= 11 is 1.58. The van der Waals surface area contributed by atoms with E-state index in [-0.39, 0.29) is 11.6 Å². The van der Waals surface area contributed by atoms with Gasteiger partial charge in [0.05, 0.1) is 23.6 Å². The van der Waals surface area contributed by atoms with Gasteiger partial charge < -0.3 is 24.3 Å². The topological polar surface area (TPSA) is 110 Å². The van der Waals surface area contributed by atoms with E-state index >= 15 is 0 Å². The second-order valence-electron chi connectivity index (χ2n) is 9.12. The van der Waals surface area contributed by atoms with Crippen molar-refractivity contribution in [2.24, 2.45) is 0 Å². The number of piperidine rings is 1. The molecule has 0 saturated carbocycles. The lowest BCUT2D eigenvalue weighted by Crippen LogP contribution is -2.36. The molecule has 4 aromatic heterocycles. The number of hydrogen-bond donors (Lipinski definition) is 1. The van der Waals surface area contributed by atoms with Gasteiger partial charge in [0.2, 0.25) is 0 Å². The van der Waals surface area contributed by atoms with Gasteiger partial charge in [0.15, 0.2) is 28.7 Å². The zero-order valence-corrected chi connectivity index (χ0v) is 20.8. The van der Waals surface area contributed by atoms with Gasteiger partial charge in [0, 0.05) is 44.0 Å². The Morgan fingerprint density at radius 3 is 2.83 bits per heavy atom. The lowest BCUT2D eigenvalue weighted by molar-refractivity contribution is 0.102. The highest BCUT2D eigenvalue weighted by Gasteiger charge is 2.27. The monoisotopic (exact) mass is 505 g/mol. The van der Waals surface area contributed by atoms with Gasteiger partial charge in [0.1, 0.15) is 6.26 Å². The van der Waals surface area contributed by atoms with Crippen molar-refractivity contribution < 1.29 is 13.9 Å². The lowest BCUT2D eigenvalue weighted by atomic mass is 9.91. The number of carbonyl (C=O) groups is 1. The summed E-state index contributed by atoms with van der Waals surface area (Å²) in [4.78, 5) is 35.6. The molecule has 2 fully saturated rings. The maximum atomic E-state index is 12.9. The van der Waals surface area contributed by atoms with Crippen molar-refractivity contribution in [3.05, 3.63) is 54.0 Å². The zero-order valence-electron chi connectivity index (χ0n) is 20.0. The third kappa shape index (κ3) is 4.63. The van der Waals surface area contributed by atoms with Crippen molar-refractivity contribution in [3.8, 4) is 0 Å².